The summed E-state index contributed by atoms with van der Waals surface area (Å²) >= 11 is 0. The fourth-order valence-corrected chi connectivity index (χ4v) is 3.71. The van der Waals surface area contributed by atoms with Crippen molar-refractivity contribution in [2.24, 2.45) is 11.8 Å². The fraction of sp³-hybridized carbons (Fsp3) is 0.647. The minimum absolute atomic E-state index is 0.157. The van der Waals surface area contributed by atoms with E-state index in [1.165, 1.54) is 19.3 Å². The zero-order valence-electron chi connectivity index (χ0n) is 14.1. The van der Waals surface area contributed by atoms with Crippen LogP contribution in [-0.4, -0.2) is 57.3 Å². The molecule has 7 heteroatoms. The number of carbonyl (C=O) groups is 1. The van der Waals surface area contributed by atoms with E-state index in [4.69, 9.17) is 0 Å². The van der Waals surface area contributed by atoms with Gasteiger partial charge in [-0.2, -0.15) is 4.52 Å². The van der Waals surface area contributed by atoms with Gasteiger partial charge in [0.2, 0.25) is 5.91 Å². The van der Waals surface area contributed by atoms with Crippen LogP contribution in [0.4, 0.5) is 5.82 Å². The minimum Gasteiger partial charge on any atom is -0.355 e. The third-order valence-corrected chi connectivity index (χ3v) is 5.45. The second kappa shape index (κ2) is 6.37. The number of aromatic nitrogens is 4. The Kier molecular flexibility index (Phi) is 4.08. The highest BCUT2D eigenvalue weighted by Crippen LogP contribution is 2.28. The highest BCUT2D eigenvalue weighted by atomic mass is 16.2. The van der Waals surface area contributed by atoms with E-state index in [-0.39, 0.29) is 5.92 Å². The summed E-state index contributed by atoms with van der Waals surface area (Å²) < 4.78 is 1.69. The van der Waals surface area contributed by atoms with Crippen molar-refractivity contribution in [1.82, 2.24) is 24.7 Å². The monoisotopic (exact) mass is 328 g/mol. The van der Waals surface area contributed by atoms with Gasteiger partial charge in [-0.25, -0.2) is 0 Å². The normalized spacial score (nSPS) is 19.5. The first-order chi connectivity index (χ1) is 11.7. The lowest BCUT2D eigenvalue weighted by Crippen LogP contribution is -2.43. The van der Waals surface area contributed by atoms with Crippen LogP contribution in [0.1, 0.15) is 32.1 Å². The Morgan fingerprint density at radius 3 is 2.75 bits per heavy atom. The van der Waals surface area contributed by atoms with Gasteiger partial charge in [0.25, 0.3) is 0 Å². The SMILES string of the molecule is CN(CC1CCC1)C(=O)C1CCN(c2ccc3nncn3n2)CC1. The van der Waals surface area contributed by atoms with Crippen LogP contribution in [-0.2, 0) is 4.79 Å². The van der Waals surface area contributed by atoms with Crippen molar-refractivity contribution >= 4 is 17.4 Å². The van der Waals surface area contributed by atoms with Gasteiger partial charge in [0.15, 0.2) is 5.65 Å². The zero-order chi connectivity index (χ0) is 16.5. The van der Waals surface area contributed by atoms with E-state index >= 15 is 0 Å². The lowest BCUT2D eigenvalue weighted by atomic mass is 9.85. The van der Waals surface area contributed by atoms with Crippen LogP contribution in [0.3, 0.4) is 0 Å². The maximum absolute atomic E-state index is 12.6. The number of hydrogen-bond donors (Lipinski definition) is 0. The number of anilines is 1. The molecule has 128 valence electrons. The molecule has 2 aromatic heterocycles. The number of rotatable bonds is 4. The lowest BCUT2D eigenvalue weighted by Gasteiger charge is -2.35. The quantitative estimate of drug-likeness (QED) is 0.853. The minimum atomic E-state index is 0.157. The van der Waals surface area contributed by atoms with Crippen LogP contribution in [0.2, 0.25) is 0 Å². The molecule has 0 N–H and O–H groups in total. The first-order valence-corrected chi connectivity index (χ1v) is 8.88. The topological polar surface area (TPSA) is 66.6 Å². The predicted molar refractivity (Wildman–Crippen MR) is 90.7 cm³/mol. The Balaban J connectivity index is 1.34. The van der Waals surface area contributed by atoms with Crippen molar-refractivity contribution in [3.63, 3.8) is 0 Å². The van der Waals surface area contributed by atoms with E-state index in [1.807, 2.05) is 24.1 Å². The molecule has 3 heterocycles. The van der Waals surface area contributed by atoms with Gasteiger partial charge in [0.1, 0.15) is 12.1 Å². The molecule has 1 aliphatic heterocycles. The van der Waals surface area contributed by atoms with E-state index in [2.05, 4.69) is 20.2 Å². The summed E-state index contributed by atoms with van der Waals surface area (Å²) in [6, 6.07) is 3.91. The van der Waals surface area contributed by atoms with E-state index < -0.39 is 0 Å². The summed E-state index contributed by atoms with van der Waals surface area (Å²) in [5.74, 6) is 2.14. The molecule has 1 amide bonds. The van der Waals surface area contributed by atoms with Crippen molar-refractivity contribution in [3.05, 3.63) is 18.5 Å². The molecule has 1 aliphatic carbocycles. The maximum Gasteiger partial charge on any atom is 0.225 e. The molecule has 0 spiro atoms. The molecule has 7 nitrogen and oxygen atoms in total. The summed E-state index contributed by atoms with van der Waals surface area (Å²) in [5.41, 5.74) is 0.751. The molecule has 4 rings (SSSR count). The summed E-state index contributed by atoms with van der Waals surface area (Å²) in [5, 5.41) is 12.4. The average molecular weight is 328 g/mol. The van der Waals surface area contributed by atoms with E-state index in [0.717, 1.165) is 49.9 Å². The number of fused-ring (bicyclic) bond motifs is 1. The molecule has 0 atom stereocenters. The largest absolute Gasteiger partial charge is 0.355 e. The Hall–Kier alpha value is -2.18. The molecule has 0 bridgehead atoms. The Morgan fingerprint density at radius 2 is 2.04 bits per heavy atom. The van der Waals surface area contributed by atoms with Gasteiger partial charge in [-0.1, -0.05) is 6.42 Å². The standard InChI is InChI=1S/C17H24N6O/c1-21(11-13-3-2-4-13)17(24)14-7-9-22(10-8-14)16-6-5-15-19-18-12-23(15)20-16/h5-6,12-14H,2-4,7-11H2,1H3. The Labute approximate surface area is 141 Å². The molecule has 0 radical (unpaired) electrons. The summed E-state index contributed by atoms with van der Waals surface area (Å²) in [7, 11) is 1.97. The van der Waals surface area contributed by atoms with Crippen molar-refractivity contribution < 1.29 is 4.79 Å². The van der Waals surface area contributed by atoms with E-state index in [9.17, 15) is 4.79 Å². The first-order valence-electron chi connectivity index (χ1n) is 8.88. The average Bonchev–Trinajstić information content (AvgIpc) is 3.05. The van der Waals surface area contributed by atoms with Crippen LogP contribution in [0.5, 0.6) is 0 Å². The molecule has 1 saturated heterocycles. The number of nitrogens with zero attached hydrogens (tertiary/aromatic N) is 6. The molecular formula is C17H24N6O. The van der Waals surface area contributed by atoms with Crippen LogP contribution >= 0.6 is 0 Å². The van der Waals surface area contributed by atoms with Crippen LogP contribution < -0.4 is 4.90 Å². The molecule has 0 unspecified atom stereocenters. The van der Waals surface area contributed by atoms with Crippen LogP contribution in [0.15, 0.2) is 18.5 Å². The van der Waals surface area contributed by atoms with Gasteiger partial charge in [0.05, 0.1) is 0 Å². The molecule has 24 heavy (non-hydrogen) atoms. The number of piperidine rings is 1. The first kappa shape index (κ1) is 15.4. The molecule has 2 aliphatic rings. The second-order valence-corrected chi connectivity index (χ2v) is 7.10. The van der Waals surface area contributed by atoms with Crippen molar-refractivity contribution in [2.75, 3.05) is 31.6 Å². The van der Waals surface area contributed by atoms with Crippen LogP contribution in [0.25, 0.3) is 5.65 Å². The molecular weight excluding hydrogens is 304 g/mol. The third kappa shape index (κ3) is 2.95. The second-order valence-electron chi connectivity index (χ2n) is 7.10. The highest BCUT2D eigenvalue weighted by Gasteiger charge is 2.29. The van der Waals surface area contributed by atoms with Crippen molar-refractivity contribution in [2.45, 2.75) is 32.1 Å². The molecule has 1 saturated carbocycles. The molecule has 2 aromatic rings. The van der Waals surface area contributed by atoms with Gasteiger partial charge >= 0.3 is 0 Å². The smallest absolute Gasteiger partial charge is 0.225 e. The van der Waals surface area contributed by atoms with Gasteiger partial charge in [-0.3, -0.25) is 4.79 Å². The lowest BCUT2D eigenvalue weighted by molar-refractivity contribution is -0.135. The Morgan fingerprint density at radius 1 is 1.25 bits per heavy atom. The van der Waals surface area contributed by atoms with Gasteiger partial charge < -0.3 is 9.80 Å². The van der Waals surface area contributed by atoms with Gasteiger partial charge in [-0.05, 0) is 43.7 Å². The van der Waals surface area contributed by atoms with Crippen molar-refractivity contribution in [3.8, 4) is 0 Å². The van der Waals surface area contributed by atoms with Crippen LogP contribution in [0, 0.1) is 11.8 Å². The maximum atomic E-state index is 12.6. The third-order valence-electron chi connectivity index (χ3n) is 5.45. The summed E-state index contributed by atoms with van der Waals surface area (Å²) in [6.07, 6.45) is 7.31. The highest BCUT2D eigenvalue weighted by molar-refractivity contribution is 5.79. The molecule has 0 aromatic carbocycles. The van der Waals surface area contributed by atoms with E-state index in [1.54, 1.807) is 10.8 Å². The summed E-state index contributed by atoms with van der Waals surface area (Å²) in [4.78, 5) is 16.8. The zero-order valence-corrected chi connectivity index (χ0v) is 14.1. The number of carbonyl (C=O) groups excluding carboxylic acids is 1. The number of amides is 1. The summed E-state index contributed by atoms with van der Waals surface area (Å²) in [6.45, 7) is 2.67. The number of hydrogen-bond acceptors (Lipinski definition) is 5. The Bertz CT molecular complexity index is 717. The molecule has 2 fully saturated rings. The van der Waals surface area contributed by atoms with Gasteiger partial charge in [0, 0.05) is 32.6 Å². The van der Waals surface area contributed by atoms with E-state index in [0.29, 0.717) is 5.91 Å². The predicted octanol–water partition coefficient (Wildman–Crippen LogP) is 1.60. The fourth-order valence-electron chi connectivity index (χ4n) is 3.71. The van der Waals surface area contributed by atoms with Gasteiger partial charge in [-0.15, -0.1) is 15.3 Å². The van der Waals surface area contributed by atoms with Crippen molar-refractivity contribution in [1.29, 1.82) is 0 Å².